The molecule has 6 nitrogen and oxygen atoms in total. The van der Waals surface area contributed by atoms with Crippen LogP contribution in [0.2, 0.25) is 0 Å². The third kappa shape index (κ3) is 2.53. The Labute approximate surface area is 137 Å². The van der Waals surface area contributed by atoms with E-state index in [1.54, 1.807) is 7.11 Å². The number of nitrogens with two attached hydrogens (primary N) is 2. The maximum atomic E-state index is 11.8. The highest BCUT2D eigenvalue weighted by Crippen LogP contribution is 2.46. The van der Waals surface area contributed by atoms with Gasteiger partial charge in [-0.3, -0.25) is 10.1 Å². The lowest BCUT2D eigenvalue weighted by Crippen LogP contribution is -2.22. The molecule has 0 bridgehead atoms. The van der Waals surface area contributed by atoms with Gasteiger partial charge >= 0.3 is 6.03 Å². The maximum absolute atomic E-state index is 11.8. The first-order valence-electron chi connectivity index (χ1n) is 7.12. The van der Waals surface area contributed by atoms with Crippen LogP contribution in [0.5, 0.6) is 5.75 Å². The molecule has 3 amide bonds. The maximum Gasteiger partial charge on any atom is 0.317 e. The van der Waals surface area contributed by atoms with Gasteiger partial charge in [-0.05, 0) is 48.1 Å². The van der Waals surface area contributed by atoms with Crippen molar-refractivity contribution >= 4 is 28.3 Å². The van der Waals surface area contributed by atoms with E-state index in [1.165, 1.54) is 16.9 Å². The summed E-state index contributed by atoms with van der Waals surface area (Å²) in [7, 11) is 1.63. The van der Waals surface area contributed by atoms with Crippen LogP contribution >= 0.6 is 11.3 Å². The number of nitrogens with one attached hydrogen (secondary N) is 1. The number of anilines is 1. The number of carbonyl (C=O) groups excluding carboxylic acids is 2. The van der Waals surface area contributed by atoms with Gasteiger partial charge in [-0.15, -0.1) is 11.3 Å². The molecule has 7 heteroatoms. The predicted molar refractivity (Wildman–Crippen MR) is 90.2 cm³/mol. The number of thiophene rings is 1. The summed E-state index contributed by atoms with van der Waals surface area (Å²) >= 11 is 1.32. The Morgan fingerprint density at radius 3 is 2.61 bits per heavy atom. The molecule has 120 valence electrons. The largest absolute Gasteiger partial charge is 0.496 e. The van der Waals surface area contributed by atoms with Gasteiger partial charge in [0.25, 0.3) is 5.91 Å². The molecular formula is C16H17N3O3S. The van der Waals surface area contributed by atoms with Crippen molar-refractivity contribution in [3.63, 3.8) is 0 Å². The zero-order valence-corrected chi connectivity index (χ0v) is 13.7. The van der Waals surface area contributed by atoms with Crippen LogP contribution in [0.15, 0.2) is 12.1 Å². The predicted octanol–water partition coefficient (Wildman–Crippen LogP) is 2.42. The number of rotatable bonds is 3. The highest BCUT2D eigenvalue weighted by Gasteiger charge is 2.28. The van der Waals surface area contributed by atoms with Gasteiger partial charge < -0.3 is 16.2 Å². The molecule has 3 rings (SSSR count). The zero-order valence-electron chi connectivity index (χ0n) is 12.9. The second-order valence-corrected chi connectivity index (χ2v) is 6.47. The first kappa shape index (κ1) is 15.4. The van der Waals surface area contributed by atoms with Gasteiger partial charge in [0.05, 0.1) is 12.7 Å². The van der Waals surface area contributed by atoms with E-state index in [2.05, 4.69) is 11.4 Å². The summed E-state index contributed by atoms with van der Waals surface area (Å²) in [5.74, 6) is 0.226. The molecule has 1 heterocycles. The standard InChI is InChI=1S/C16H17N3O3S/c1-7-5-8-3-4-9-12(14(17)20)15(19-16(18)21)23-13(9)10(8)6-11(7)22-2/h5-6H,3-4H2,1-2H3,(H2,17,20)(H3,18,19,21). The number of hydrogen-bond acceptors (Lipinski definition) is 4. The monoisotopic (exact) mass is 331 g/mol. The molecule has 1 aliphatic rings. The summed E-state index contributed by atoms with van der Waals surface area (Å²) in [6.45, 7) is 2.00. The van der Waals surface area contributed by atoms with E-state index < -0.39 is 11.9 Å². The molecule has 5 N–H and O–H groups in total. The van der Waals surface area contributed by atoms with Crippen LogP contribution < -0.4 is 21.5 Å². The van der Waals surface area contributed by atoms with Gasteiger partial charge in [-0.1, -0.05) is 6.07 Å². The summed E-state index contributed by atoms with van der Waals surface area (Å²) in [6, 6.07) is 3.35. The lowest BCUT2D eigenvalue weighted by molar-refractivity contribution is 0.100. The fourth-order valence-corrected chi connectivity index (χ4v) is 4.34. The summed E-state index contributed by atoms with van der Waals surface area (Å²) < 4.78 is 5.40. The Kier molecular flexibility index (Phi) is 3.73. The Morgan fingerprint density at radius 1 is 1.26 bits per heavy atom. The third-order valence-electron chi connectivity index (χ3n) is 4.00. The Morgan fingerprint density at radius 2 is 2.00 bits per heavy atom. The van der Waals surface area contributed by atoms with Crippen LogP contribution in [0, 0.1) is 6.92 Å². The second kappa shape index (κ2) is 5.58. The van der Waals surface area contributed by atoms with Crippen molar-refractivity contribution < 1.29 is 14.3 Å². The van der Waals surface area contributed by atoms with Crippen LogP contribution in [-0.4, -0.2) is 19.0 Å². The molecule has 2 aromatic rings. The molecule has 0 atom stereocenters. The van der Waals surface area contributed by atoms with Crippen molar-refractivity contribution in [3.05, 3.63) is 34.4 Å². The number of amides is 3. The van der Waals surface area contributed by atoms with Gasteiger partial charge in [0.2, 0.25) is 0 Å². The van der Waals surface area contributed by atoms with Crippen LogP contribution in [0.3, 0.4) is 0 Å². The molecule has 0 unspecified atom stereocenters. The van der Waals surface area contributed by atoms with Gasteiger partial charge in [0.1, 0.15) is 10.8 Å². The molecule has 0 saturated heterocycles. The van der Waals surface area contributed by atoms with E-state index in [4.69, 9.17) is 16.2 Å². The van der Waals surface area contributed by atoms with Gasteiger partial charge in [0.15, 0.2) is 0 Å². The second-order valence-electron chi connectivity index (χ2n) is 5.45. The summed E-state index contributed by atoms with van der Waals surface area (Å²) in [5, 5.41) is 2.91. The van der Waals surface area contributed by atoms with E-state index in [0.29, 0.717) is 17.0 Å². The summed E-state index contributed by atoms with van der Waals surface area (Å²) in [5.41, 5.74) is 15.2. The molecule has 1 aromatic carbocycles. The van der Waals surface area contributed by atoms with Crippen molar-refractivity contribution in [1.82, 2.24) is 0 Å². The van der Waals surface area contributed by atoms with Gasteiger partial charge in [0, 0.05) is 4.88 Å². The molecule has 1 aromatic heterocycles. The van der Waals surface area contributed by atoms with E-state index >= 15 is 0 Å². The first-order valence-corrected chi connectivity index (χ1v) is 7.93. The average Bonchev–Trinajstić information content (AvgIpc) is 2.83. The highest BCUT2D eigenvalue weighted by molar-refractivity contribution is 7.20. The number of hydrogen-bond donors (Lipinski definition) is 3. The Balaban J connectivity index is 2.22. The van der Waals surface area contributed by atoms with Crippen LogP contribution in [-0.2, 0) is 12.8 Å². The molecule has 23 heavy (non-hydrogen) atoms. The molecular weight excluding hydrogens is 314 g/mol. The fraction of sp³-hybridized carbons (Fsp3) is 0.250. The number of carbonyl (C=O) groups is 2. The normalized spacial score (nSPS) is 12.3. The summed E-state index contributed by atoms with van der Waals surface area (Å²) in [4.78, 5) is 24.0. The third-order valence-corrected chi connectivity index (χ3v) is 5.18. The van der Waals surface area contributed by atoms with Crippen LogP contribution in [0.1, 0.15) is 27.0 Å². The Hall–Kier alpha value is -2.54. The van der Waals surface area contributed by atoms with E-state index in [0.717, 1.165) is 33.7 Å². The van der Waals surface area contributed by atoms with Gasteiger partial charge in [-0.25, -0.2) is 4.79 Å². The number of methoxy groups -OCH3 is 1. The van der Waals surface area contributed by atoms with Crippen molar-refractivity contribution in [2.75, 3.05) is 12.4 Å². The lowest BCUT2D eigenvalue weighted by atomic mass is 9.88. The van der Waals surface area contributed by atoms with Crippen molar-refractivity contribution in [2.45, 2.75) is 19.8 Å². The number of primary amides is 2. The van der Waals surface area contributed by atoms with Gasteiger partial charge in [-0.2, -0.15) is 0 Å². The van der Waals surface area contributed by atoms with E-state index in [-0.39, 0.29) is 0 Å². The zero-order chi connectivity index (χ0) is 16.7. The number of urea groups is 1. The minimum atomic E-state index is -0.715. The van der Waals surface area contributed by atoms with Crippen LogP contribution in [0.25, 0.3) is 10.4 Å². The van der Waals surface area contributed by atoms with Crippen LogP contribution in [0.4, 0.5) is 9.80 Å². The molecule has 0 fully saturated rings. The lowest BCUT2D eigenvalue weighted by Gasteiger charge is -2.19. The molecule has 0 saturated carbocycles. The number of fused-ring (bicyclic) bond motifs is 3. The summed E-state index contributed by atoms with van der Waals surface area (Å²) in [6.07, 6.45) is 1.50. The smallest absolute Gasteiger partial charge is 0.317 e. The average molecular weight is 331 g/mol. The fourth-order valence-electron chi connectivity index (χ4n) is 3.03. The van der Waals surface area contributed by atoms with Crippen molar-refractivity contribution in [1.29, 1.82) is 0 Å². The quantitative estimate of drug-likeness (QED) is 0.803. The van der Waals surface area contributed by atoms with E-state index in [1.807, 2.05) is 13.0 Å². The van der Waals surface area contributed by atoms with Crippen molar-refractivity contribution in [2.24, 2.45) is 11.5 Å². The minimum absolute atomic E-state index is 0.356. The highest BCUT2D eigenvalue weighted by atomic mass is 32.1. The number of aryl methyl sites for hydroxylation is 2. The first-order chi connectivity index (χ1) is 10.9. The molecule has 0 spiro atoms. The Bertz CT molecular complexity index is 826. The number of ether oxygens (including phenoxy) is 1. The number of benzene rings is 1. The molecule has 0 radical (unpaired) electrons. The minimum Gasteiger partial charge on any atom is -0.496 e. The van der Waals surface area contributed by atoms with E-state index in [9.17, 15) is 9.59 Å². The topological polar surface area (TPSA) is 107 Å². The SMILES string of the molecule is COc1cc2c(cc1C)CCc1c-2sc(NC(N)=O)c1C(N)=O. The molecule has 1 aliphatic carbocycles. The molecule has 0 aliphatic heterocycles. The van der Waals surface area contributed by atoms with Crippen molar-refractivity contribution in [3.8, 4) is 16.2 Å².